The van der Waals surface area contributed by atoms with Gasteiger partial charge in [0.15, 0.2) is 11.9 Å². The van der Waals surface area contributed by atoms with Gasteiger partial charge in [0.1, 0.15) is 4.88 Å². The lowest BCUT2D eigenvalue weighted by molar-refractivity contribution is -0.930. The largest absolute Gasteiger partial charge is 0.492 e. The van der Waals surface area contributed by atoms with Crippen LogP contribution in [-0.4, -0.2) is 45.4 Å². The molecule has 29 heavy (non-hydrogen) atoms. The number of quaternary nitrogens is 1. The Morgan fingerprint density at radius 1 is 1.31 bits per heavy atom. The molecule has 154 valence electrons. The molecule has 1 saturated heterocycles. The lowest BCUT2D eigenvalue weighted by Crippen LogP contribution is -3.13. The molecular formula is C21H27N4O3S+. The summed E-state index contributed by atoms with van der Waals surface area (Å²) in [5.41, 5.74) is 1.15. The number of benzene rings is 1. The number of piperidine rings is 1. The van der Waals surface area contributed by atoms with E-state index >= 15 is 0 Å². The van der Waals surface area contributed by atoms with Crippen molar-refractivity contribution in [2.45, 2.75) is 39.2 Å². The van der Waals surface area contributed by atoms with E-state index < -0.39 is 0 Å². The molecule has 0 bridgehead atoms. The molecule has 3 aromatic rings. The van der Waals surface area contributed by atoms with Gasteiger partial charge in [-0.3, -0.25) is 4.79 Å². The highest BCUT2D eigenvalue weighted by molar-refractivity contribution is 7.17. The number of esters is 1. The molecule has 0 amide bonds. The molecule has 8 heteroatoms. The molecule has 4 rings (SSSR count). The standard InChI is InChI=1S/C21H26N4O3S/c1-3-16-22-21-25(23-16)19(26)18(29-21)17(14-8-6-5-7-9-14)24-12-10-15(11-13-24)20(27)28-4-2/h5-9,15,17,26H,3-4,10-13H2,1-2H3/p+1/t17-/m1/s1. The van der Waals surface area contributed by atoms with Crippen molar-refractivity contribution in [2.24, 2.45) is 5.92 Å². The molecule has 0 spiro atoms. The third kappa shape index (κ3) is 3.86. The lowest BCUT2D eigenvalue weighted by Gasteiger charge is -2.33. The number of hydrogen-bond donors (Lipinski definition) is 2. The van der Waals surface area contributed by atoms with E-state index in [-0.39, 0.29) is 23.8 Å². The van der Waals surface area contributed by atoms with Crippen LogP contribution in [0.1, 0.15) is 49.0 Å². The SMILES string of the molecule is CCOC(=O)C1CC[NH+]([C@H](c2ccccc2)c2sc3nc(CC)nn3c2O)CC1. The number of aryl methyl sites for hydroxylation is 1. The molecule has 1 aliphatic rings. The minimum Gasteiger partial charge on any atom is -0.492 e. The second kappa shape index (κ2) is 8.51. The Bertz CT molecular complexity index is 977. The van der Waals surface area contributed by atoms with Crippen LogP contribution in [0.2, 0.25) is 0 Å². The van der Waals surface area contributed by atoms with Crippen LogP contribution in [0.5, 0.6) is 5.88 Å². The molecule has 0 saturated carbocycles. The van der Waals surface area contributed by atoms with Crippen molar-refractivity contribution in [1.29, 1.82) is 0 Å². The van der Waals surface area contributed by atoms with Gasteiger partial charge in [0.2, 0.25) is 10.8 Å². The third-order valence-electron chi connectivity index (χ3n) is 5.61. The smallest absolute Gasteiger partial charge is 0.309 e. The van der Waals surface area contributed by atoms with Crippen LogP contribution in [0.15, 0.2) is 30.3 Å². The highest BCUT2D eigenvalue weighted by Crippen LogP contribution is 2.35. The van der Waals surface area contributed by atoms with E-state index in [1.807, 2.05) is 32.0 Å². The predicted octanol–water partition coefficient (Wildman–Crippen LogP) is 2.01. The zero-order valence-electron chi connectivity index (χ0n) is 16.8. The summed E-state index contributed by atoms with van der Waals surface area (Å²) >= 11 is 1.50. The number of carbonyl (C=O) groups is 1. The van der Waals surface area contributed by atoms with Gasteiger partial charge in [-0.25, -0.2) is 4.98 Å². The molecule has 1 aliphatic heterocycles. The van der Waals surface area contributed by atoms with Gasteiger partial charge in [0, 0.05) is 24.8 Å². The summed E-state index contributed by atoms with van der Waals surface area (Å²) in [6.07, 6.45) is 2.32. The van der Waals surface area contributed by atoms with Crippen molar-refractivity contribution in [3.8, 4) is 5.88 Å². The summed E-state index contributed by atoms with van der Waals surface area (Å²) in [4.78, 5) is 19.6. The van der Waals surface area contributed by atoms with E-state index in [0.717, 1.165) is 53.6 Å². The Balaban J connectivity index is 1.65. The zero-order chi connectivity index (χ0) is 20.4. The molecule has 1 aromatic carbocycles. The number of rotatable bonds is 6. The number of likely N-dealkylation sites (tertiary alicyclic amines) is 1. The van der Waals surface area contributed by atoms with E-state index in [1.165, 1.54) is 16.2 Å². The monoisotopic (exact) mass is 415 g/mol. The first-order chi connectivity index (χ1) is 14.1. The minimum atomic E-state index is -0.0865. The van der Waals surface area contributed by atoms with E-state index in [1.54, 1.807) is 4.52 Å². The van der Waals surface area contributed by atoms with Crippen LogP contribution < -0.4 is 4.90 Å². The molecule has 7 nitrogen and oxygen atoms in total. The fraction of sp³-hybridized carbons (Fsp3) is 0.476. The molecule has 3 heterocycles. The number of fused-ring (bicyclic) bond motifs is 1. The maximum absolute atomic E-state index is 12.1. The lowest BCUT2D eigenvalue weighted by atomic mass is 9.94. The van der Waals surface area contributed by atoms with E-state index in [4.69, 9.17) is 4.74 Å². The van der Waals surface area contributed by atoms with Crippen molar-refractivity contribution in [3.05, 3.63) is 46.6 Å². The van der Waals surface area contributed by atoms with Crippen molar-refractivity contribution in [2.75, 3.05) is 19.7 Å². The fourth-order valence-corrected chi connectivity index (χ4v) is 5.28. The van der Waals surface area contributed by atoms with Crippen molar-refractivity contribution in [1.82, 2.24) is 14.6 Å². The van der Waals surface area contributed by atoms with Crippen molar-refractivity contribution >= 4 is 22.3 Å². The highest BCUT2D eigenvalue weighted by Gasteiger charge is 2.37. The molecule has 0 unspecified atom stereocenters. The first kappa shape index (κ1) is 19.8. The number of ether oxygens (including phenoxy) is 1. The first-order valence-electron chi connectivity index (χ1n) is 10.3. The topological polar surface area (TPSA) is 81.2 Å². The van der Waals surface area contributed by atoms with Gasteiger partial charge in [-0.1, -0.05) is 48.6 Å². The van der Waals surface area contributed by atoms with Gasteiger partial charge >= 0.3 is 5.97 Å². The van der Waals surface area contributed by atoms with Gasteiger partial charge in [-0.15, -0.1) is 5.10 Å². The molecule has 1 fully saturated rings. The average Bonchev–Trinajstić information content (AvgIpc) is 3.29. The average molecular weight is 416 g/mol. The molecular weight excluding hydrogens is 388 g/mol. The number of aromatic nitrogens is 3. The van der Waals surface area contributed by atoms with Gasteiger partial charge in [-0.2, -0.15) is 4.52 Å². The quantitative estimate of drug-likeness (QED) is 0.602. The summed E-state index contributed by atoms with van der Waals surface area (Å²) in [5.74, 6) is 0.790. The second-order valence-corrected chi connectivity index (χ2v) is 8.40. The minimum absolute atomic E-state index is 0.0158. The molecule has 0 radical (unpaired) electrons. The maximum atomic E-state index is 12.1. The number of aromatic hydroxyl groups is 1. The summed E-state index contributed by atoms with van der Waals surface area (Å²) in [5, 5.41) is 15.4. The van der Waals surface area contributed by atoms with Crippen LogP contribution in [0.4, 0.5) is 0 Å². The molecule has 2 aromatic heterocycles. The Morgan fingerprint density at radius 2 is 2.03 bits per heavy atom. The van der Waals surface area contributed by atoms with Crippen molar-refractivity contribution < 1.29 is 19.5 Å². The number of carbonyl (C=O) groups excluding carboxylic acids is 1. The number of nitrogens with one attached hydrogen (secondary N) is 1. The molecule has 2 N–H and O–H groups in total. The Labute approximate surface area is 173 Å². The summed E-state index contributed by atoms with van der Waals surface area (Å²) in [6.45, 7) is 5.96. The van der Waals surface area contributed by atoms with Crippen LogP contribution in [0.25, 0.3) is 4.96 Å². The summed E-state index contributed by atoms with van der Waals surface area (Å²) in [6, 6.07) is 10.2. The van der Waals surface area contributed by atoms with Crippen molar-refractivity contribution in [3.63, 3.8) is 0 Å². The highest BCUT2D eigenvalue weighted by atomic mass is 32.1. The van der Waals surface area contributed by atoms with Crippen LogP contribution in [0.3, 0.4) is 0 Å². The Kier molecular flexibility index (Phi) is 5.82. The molecule has 0 aliphatic carbocycles. The van der Waals surface area contributed by atoms with Crippen LogP contribution >= 0.6 is 11.3 Å². The van der Waals surface area contributed by atoms with Crippen LogP contribution in [0, 0.1) is 5.92 Å². The van der Waals surface area contributed by atoms with Gasteiger partial charge in [-0.05, 0) is 6.92 Å². The Morgan fingerprint density at radius 3 is 2.66 bits per heavy atom. The number of thiazole rings is 1. The number of nitrogens with zero attached hydrogens (tertiary/aromatic N) is 3. The third-order valence-corrected chi connectivity index (χ3v) is 6.70. The Hall–Kier alpha value is -2.45. The molecule has 1 atom stereocenters. The fourth-order valence-electron chi connectivity index (χ4n) is 4.12. The van der Waals surface area contributed by atoms with Gasteiger partial charge in [0.25, 0.3) is 0 Å². The normalized spacial score (nSPS) is 20.6. The summed E-state index contributed by atoms with van der Waals surface area (Å²) in [7, 11) is 0. The van der Waals surface area contributed by atoms with Gasteiger partial charge < -0.3 is 14.7 Å². The zero-order valence-corrected chi connectivity index (χ0v) is 17.6. The number of hydrogen-bond acceptors (Lipinski definition) is 6. The van der Waals surface area contributed by atoms with E-state index in [0.29, 0.717) is 6.61 Å². The van der Waals surface area contributed by atoms with E-state index in [2.05, 4.69) is 22.2 Å². The van der Waals surface area contributed by atoms with E-state index in [9.17, 15) is 9.90 Å². The maximum Gasteiger partial charge on any atom is 0.309 e. The second-order valence-electron chi connectivity index (χ2n) is 7.39. The predicted molar refractivity (Wildman–Crippen MR) is 110 cm³/mol. The van der Waals surface area contributed by atoms with Gasteiger partial charge in [0.05, 0.1) is 25.6 Å². The summed E-state index contributed by atoms with van der Waals surface area (Å²) < 4.78 is 6.77. The first-order valence-corrected chi connectivity index (χ1v) is 11.1. The van der Waals surface area contributed by atoms with Crippen LogP contribution in [-0.2, 0) is 16.0 Å².